The Hall–Kier alpha value is -2.10. The van der Waals surface area contributed by atoms with E-state index in [9.17, 15) is 20.1 Å². The lowest BCUT2D eigenvalue weighted by atomic mass is 9.94. The standard InChI is InChI=1S/C28H37NO6S/c1-15-7-9-20(22-23-24(26(31)32)28(23,33)35-25(15)22)17(3)34-14-19(30)13-29-27(4,5)12-18-8-10-21(36-6)16(2)11-18/h7-11,17,19,23-24,29-30,33H,12-14H2,1-6H3,(H,31,32)/t17-,19-,23+,24-,28?/m1/s1. The molecule has 1 unspecified atom stereocenters. The maximum Gasteiger partial charge on any atom is 0.314 e. The molecule has 4 N–H and O–H groups in total. The zero-order valence-corrected chi connectivity index (χ0v) is 22.6. The van der Waals surface area contributed by atoms with Crippen LogP contribution in [0.1, 0.15) is 60.6 Å². The molecule has 1 fully saturated rings. The third-order valence-electron chi connectivity index (χ3n) is 7.28. The molecule has 1 heterocycles. The van der Waals surface area contributed by atoms with Crippen molar-refractivity contribution < 1.29 is 29.6 Å². The van der Waals surface area contributed by atoms with E-state index < -0.39 is 35.8 Å². The highest BCUT2D eigenvalue weighted by molar-refractivity contribution is 7.98. The van der Waals surface area contributed by atoms with Crippen LogP contribution in [0.4, 0.5) is 0 Å². The number of hydrogen-bond acceptors (Lipinski definition) is 7. The van der Waals surface area contributed by atoms with Gasteiger partial charge >= 0.3 is 5.97 Å². The Kier molecular flexibility index (Phi) is 7.48. The molecule has 0 aromatic heterocycles. The number of aliphatic hydroxyl groups is 2. The average molecular weight is 516 g/mol. The van der Waals surface area contributed by atoms with Crippen molar-refractivity contribution in [2.24, 2.45) is 5.92 Å². The number of aryl methyl sites for hydroxylation is 2. The molecule has 36 heavy (non-hydrogen) atoms. The first-order valence-corrected chi connectivity index (χ1v) is 13.6. The number of carboxylic acid groups (broad SMARTS) is 1. The Morgan fingerprint density at radius 2 is 1.97 bits per heavy atom. The van der Waals surface area contributed by atoms with E-state index >= 15 is 0 Å². The highest BCUT2D eigenvalue weighted by Crippen LogP contribution is 2.67. The summed E-state index contributed by atoms with van der Waals surface area (Å²) in [5, 5.41) is 34.2. The summed E-state index contributed by atoms with van der Waals surface area (Å²) < 4.78 is 11.7. The molecule has 2 aromatic carbocycles. The number of thioether (sulfide) groups is 1. The SMILES string of the molecule is CSc1ccc(CC(C)(C)NC[C@@H](O)CO[C@H](C)c2ccc(C)c3c2[C@H]2[C@H](C(=O)O)C2(O)O3)cc1C. The smallest absolute Gasteiger partial charge is 0.314 e. The van der Waals surface area contributed by atoms with Crippen molar-refractivity contribution in [1.29, 1.82) is 0 Å². The van der Waals surface area contributed by atoms with E-state index in [2.05, 4.69) is 50.5 Å². The molecule has 1 aliphatic carbocycles. The minimum Gasteiger partial charge on any atom is -0.481 e. The molecule has 1 saturated carbocycles. The van der Waals surface area contributed by atoms with Crippen LogP contribution in [0, 0.1) is 19.8 Å². The van der Waals surface area contributed by atoms with Gasteiger partial charge in [-0.15, -0.1) is 11.8 Å². The van der Waals surface area contributed by atoms with Crippen molar-refractivity contribution >= 4 is 17.7 Å². The Labute approximate surface area is 217 Å². The Balaban J connectivity index is 1.33. The first-order valence-electron chi connectivity index (χ1n) is 12.3. The van der Waals surface area contributed by atoms with Crippen molar-refractivity contribution in [1.82, 2.24) is 5.32 Å². The molecule has 0 spiro atoms. The van der Waals surface area contributed by atoms with Crippen LogP contribution in [0.15, 0.2) is 35.2 Å². The molecule has 7 nitrogen and oxygen atoms in total. The quantitative estimate of drug-likeness (QED) is 0.333. The second-order valence-corrected chi connectivity index (χ2v) is 11.6. The number of carbonyl (C=O) groups is 1. The lowest BCUT2D eigenvalue weighted by Gasteiger charge is -2.29. The molecule has 2 aromatic rings. The van der Waals surface area contributed by atoms with Crippen LogP contribution >= 0.6 is 11.8 Å². The lowest BCUT2D eigenvalue weighted by molar-refractivity contribution is -0.145. The number of ether oxygens (including phenoxy) is 2. The first kappa shape index (κ1) is 26.9. The fraction of sp³-hybridized carbons (Fsp3) is 0.536. The van der Waals surface area contributed by atoms with Crippen LogP contribution in [0.5, 0.6) is 5.75 Å². The van der Waals surface area contributed by atoms with E-state index in [1.807, 2.05) is 26.0 Å². The maximum absolute atomic E-state index is 11.6. The summed E-state index contributed by atoms with van der Waals surface area (Å²) in [5.74, 6) is -3.80. The second kappa shape index (κ2) is 9.99. The van der Waals surface area contributed by atoms with Gasteiger partial charge in [-0.2, -0.15) is 0 Å². The summed E-state index contributed by atoms with van der Waals surface area (Å²) in [6.45, 7) is 10.6. The normalized spacial score (nSPS) is 24.0. The monoisotopic (exact) mass is 515 g/mol. The van der Waals surface area contributed by atoms with Gasteiger partial charge < -0.3 is 30.1 Å². The maximum atomic E-state index is 11.6. The van der Waals surface area contributed by atoms with E-state index in [0.29, 0.717) is 17.9 Å². The number of benzene rings is 2. The van der Waals surface area contributed by atoms with Crippen molar-refractivity contribution in [3.05, 3.63) is 58.1 Å². The number of fused-ring (bicyclic) bond motifs is 3. The van der Waals surface area contributed by atoms with Gasteiger partial charge in [0.2, 0.25) is 5.79 Å². The largest absolute Gasteiger partial charge is 0.481 e. The predicted octanol–water partition coefficient (Wildman–Crippen LogP) is 3.95. The first-order chi connectivity index (χ1) is 16.9. The van der Waals surface area contributed by atoms with Gasteiger partial charge in [0.25, 0.3) is 0 Å². The van der Waals surface area contributed by atoms with Crippen LogP contribution in [0.3, 0.4) is 0 Å². The third kappa shape index (κ3) is 5.15. The van der Waals surface area contributed by atoms with Crippen LogP contribution < -0.4 is 10.1 Å². The highest BCUT2D eigenvalue weighted by Gasteiger charge is 2.76. The molecule has 196 valence electrons. The number of carboxylic acids is 1. The molecule has 5 atom stereocenters. The number of rotatable bonds is 11. The molecule has 0 radical (unpaired) electrons. The van der Waals surface area contributed by atoms with Crippen LogP contribution in [-0.2, 0) is 16.0 Å². The molecule has 0 amide bonds. The number of aliphatic carboxylic acids is 1. The van der Waals surface area contributed by atoms with Crippen LogP contribution in [0.25, 0.3) is 0 Å². The summed E-state index contributed by atoms with van der Waals surface area (Å²) >= 11 is 1.74. The highest BCUT2D eigenvalue weighted by atomic mass is 32.2. The fourth-order valence-electron chi connectivity index (χ4n) is 5.29. The van der Waals surface area contributed by atoms with Gasteiger partial charge in [-0.05, 0) is 75.6 Å². The molecule has 4 rings (SSSR count). The topological polar surface area (TPSA) is 108 Å². The van der Waals surface area contributed by atoms with Gasteiger partial charge in [0.15, 0.2) is 0 Å². The van der Waals surface area contributed by atoms with Gasteiger partial charge in [-0.25, -0.2) is 0 Å². The molecule has 0 bridgehead atoms. The van der Waals surface area contributed by atoms with Crippen molar-refractivity contribution in [2.75, 3.05) is 19.4 Å². The van der Waals surface area contributed by atoms with E-state index in [1.54, 1.807) is 11.8 Å². The van der Waals surface area contributed by atoms with Gasteiger partial charge in [-0.3, -0.25) is 4.79 Å². The Morgan fingerprint density at radius 1 is 1.25 bits per heavy atom. The number of aliphatic hydroxyl groups excluding tert-OH is 1. The summed E-state index contributed by atoms with van der Waals surface area (Å²) in [6, 6.07) is 10.3. The summed E-state index contributed by atoms with van der Waals surface area (Å²) in [5.41, 5.74) is 4.63. The van der Waals surface area contributed by atoms with Gasteiger partial charge in [0, 0.05) is 22.5 Å². The number of β-amino-alcohol motifs (C(OH)–C–C–N with tert-alkyl or cyclic N) is 1. The molecular weight excluding hydrogens is 478 g/mol. The minimum absolute atomic E-state index is 0.118. The Bertz CT molecular complexity index is 1150. The summed E-state index contributed by atoms with van der Waals surface area (Å²) in [7, 11) is 0. The predicted molar refractivity (Wildman–Crippen MR) is 140 cm³/mol. The molecule has 0 saturated heterocycles. The van der Waals surface area contributed by atoms with Crippen molar-refractivity contribution in [3.63, 3.8) is 0 Å². The minimum atomic E-state index is -1.68. The van der Waals surface area contributed by atoms with E-state index in [-0.39, 0.29) is 12.1 Å². The van der Waals surface area contributed by atoms with Crippen molar-refractivity contribution in [3.8, 4) is 5.75 Å². The van der Waals surface area contributed by atoms with Gasteiger partial charge in [0.05, 0.1) is 24.7 Å². The van der Waals surface area contributed by atoms with E-state index in [4.69, 9.17) is 9.47 Å². The van der Waals surface area contributed by atoms with Crippen LogP contribution in [-0.4, -0.2) is 58.1 Å². The molecule has 1 aliphatic heterocycles. The molecular formula is C28H37NO6S. The summed E-state index contributed by atoms with van der Waals surface area (Å²) in [4.78, 5) is 12.9. The molecule has 2 aliphatic rings. The Morgan fingerprint density at radius 3 is 2.61 bits per heavy atom. The number of nitrogens with one attached hydrogen (secondary N) is 1. The van der Waals surface area contributed by atoms with E-state index in [0.717, 1.165) is 17.5 Å². The summed E-state index contributed by atoms with van der Waals surface area (Å²) in [6.07, 6.45) is 1.79. The van der Waals surface area contributed by atoms with Gasteiger partial charge in [-0.1, -0.05) is 24.3 Å². The average Bonchev–Trinajstić information content (AvgIpc) is 3.29. The third-order valence-corrected chi connectivity index (χ3v) is 8.18. The zero-order chi connectivity index (χ0) is 26.4. The van der Waals surface area contributed by atoms with Gasteiger partial charge in [0.1, 0.15) is 11.7 Å². The van der Waals surface area contributed by atoms with Crippen LogP contribution in [0.2, 0.25) is 0 Å². The molecule has 8 heteroatoms. The van der Waals surface area contributed by atoms with E-state index in [1.165, 1.54) is 16.0 Å². The fourth-order valence-corrected chi connectivity index (χ4v) is 5.88. The second-order valence-electron chi connectivity index (χ2n) is 10.7. The number of hydrogen-bond donors (Lipinski definition) is 4. The lowest BCUT2D eigenvalue weighted by Crippen LogP contribution is -2.46. The van der Waals surface area contributed by atoms with Crippen molar-refractivity contribution in [2.45, 2.75) is 75.4 Å². The zero-order valence-electron chi connectivity index (χ0n) is 21.8.